The normalized spacial score (nSPS) is 15.7. The van der Waals surface area contributed by atoms with Gasteiger partial charge in [-0.1, -0.05) is 20.3 Å². The lowest BCUT2D eigenvalue weighted by molar-refractivity contribution is -0.614. The number of methoxy groups -OCH3 is 1. The molecular weight excluding hydrogens is 647 g/mol. The van der Waals surface area contributed by atoms with Gasteiger partial charge in [0.05, 0.1) is 25.0 Å². The minimum Gasteiger partial charge on any atom is -0.618 e. The van der Waals surface area contributed by atoms with Gasteiger partial charge in [0.25, 0.3) is 0 Å². The van der Waals surface area contributed by atoms with Gasteiger partial charge in [-0.15, -0.1) is 0 Å². The molecule has 1 aliphatic rings. The monoisotopic (exact) mass is 681 g/mol. The first-order chi connectivity index (χ1) is 23.3. The summed E-state index contributed by atoms with van der Waals surface area (Å²) in [5, 5.41) is 19.1. The van der Waals surface area contributed by atoms with Crippen LogP contribution in [0.15, 0.2) is 54.7 Å². The second-order valence-electron chi connectivity index (χ2n) is 11.9. The van der Waals surface area contributed by atoms with E-state index < -0.39 is 35.8 Å². The number of pyridine rings is 1. The van der Waals surface area contributed by atoms with E-state index in [1.54, 1.807) is 32.9 Å². The van der Waals surface area contributed by atoms with Crippen LogP contribution in [0.4, 0.5) is 29.3 Å². The van der Waals surface area contributed by atoms with Crippen LogP contribution in [0.2, 0.25) is 0 Å². The van der Waals surface area contributed by atoms with E-state index in [1.165, 1.54) is 25.3 Å². The van der Waals surface area contributed by atoms with E-state index in [-0.39, 0.29) is 58.0 Å². The Morgan fingerprint density at radius 3 is 2.61 bits per heavy atom. The molecule has 15 heteroatoms. The molecule has 5 rings (SSSR count). The third kappa shape index (κ3) is 7.60. The molecule has 2 aromatic carbocycles. The van der Waals surface area contributed by atoms with Gasteiger partial charge < -0.3 is 29.7 Å². The fraction of sp³-hybridized carbons (Fsp3) is 0.324. The number of amides is 2. The molecule has 0 unspecified atom stereocenters. The number of aromatic amines is 1. The fourth-order valence-electron chi connectivity index (χ4n) is 5.63. The van der Waals surface area contributed by atoms with Crippen LogP contribution < -0.4 is 20.1 Å². The van der Waals surface area contributed by atoms with Gasteiger partial charge in [0.2, 0.25) is 11.6 Å². The van der Waals surface area contributed by atoms with Crippen LogP contribution in [0.3, 0.4) is 0 Å². The van der Waals surface area contributed by atoms with E-state index in [1.807, 2.05) is 0 Å². The Kier molecular flexibility index (Phi) is 10.1. The first-order valence-corrected chi connectivity index (χ1v) is 15.4. The number of imidazole rings is 1. The zero-order chi connectivity index (χ0) is 35.5. The number of hydrogen-bond acceptors (Lipinski definition) is 8. The molecule has 0 aliphatic carbocycles. The predicted molar refractivity (Wildman–Crippen MR) is 172 cm³/mol. The fourth-order valence-corrected chi connectivity index (χ4v) is 5.63. The third-order valence-electron chi connectivity index (χ3n) is 8.17. The molecule has 0 saturated carbocycles. The number of esters is 1. The van der Waals surface area contributed by atoms with E-state index in [2.05, 4.69) is 20.4 Å². The molecule has 0 fully saturated rings. The summed E-state index contributed by atoms with van der Waals surface area (Å²) in [6.07, 6.45) is 1.52. The van der Waals surface area contributed by atoms with Crippen LogP contribution in [0.25, 0.3) is 22.4 Å². The smallest absolute Gasteiger partial charge is 0.411 e. The average Bonchev–Trinajstić information content (AvgIpc) is 3.49. The molecular formula is C34H34F3N5O7. The van der Waals surface area contributed by atoms with E-state index >= 15 is 0 Å². The second kappa shape index (κ2) is 14.3. The Labute approximate surface area is 279 Å². The number of nitrogens with one attached hydrogen (secondary N) is 3. The lowest BCUT2D eigenvalue weighted by atomic mass is 9.83. The molecule has 3 heterocycles. The summed E-state index contributed by atoms with van der Waals surface area (Å²) in [5.41, 5.74) is 0.323. The van der Waals surface area contributed by atoms with Crippen molar-refractivity contribution in [2.24, 2.45) is 5.41 Å². The Balaban J connectivity index is 1.67. The molecule has 258 valence electrons. The molecule has 2 bridgehead atoms. The van der Waals surface area contributed by atoms with Gasteiger partial charge >= 0.3 is 18.7 Å². The van der Waals surface area contributed by atoms with Crippen LogP contribution in [-0.4, -0.2) is 48.3 Å². The van der Waals surface area contributed by atoms with Crippen molar-refractivity contribution >= 4 is 29.3 Å². The zero-order valence-electron chi connectivity index (χ0n) is 27.1. The van der Waals surface area contributed by atoms with E-state index in [0.29, 0.717) is 35.2 Å². The van der Waals surface area contributed by atoms with Crippen LogP contribution in [0.1, 0.15) is 68.0 Å². The Morgan fingerprint density at radius 1 is 1.14 bits per heavy atom. The summed E-state index contributed by atoms with van der Waals surface area (Å²) in [5.74, 6) is -2.60. The van der Waals surface area contributed by atoms with Crippen molar-refractivity contribution in [1.29, 1.82) is 0 Å². The van der Waals surface area contributed by atoms with Gasteiger partial charge in [0, 0.05) is 28.3 Å². The van der Waals surface area contributed by atoms with Crippen LogP contribution in [-0.2, 0) is 14.3 Å². The molecule has 2 aromatic heterocycles. The number of hydrogen-bond donors (Lipinski definition) is 3. The Bertz CT molecular complexity index is 1900. The summed E-state index contributed by atoms with van der Waals surface area (Å²) in [4.78, 5) is 46.6. The number of aromatic nitrogens is 3. The van der Waals surface area contributed by atoms with Crippen LogP contribution in [0, 0.1) is 16.4 Å². The number of fused-ring (bicyclic) bond motifs is 4. The van der Waals surface area contributed by atoms with Gasteiger partial charge in [0.15, 0.2) is 11.9 Å². The molecule has 49 heavy (non-hydrogen) atoms. The largest absolute Gasteiger partial charge is 0.618 e. The molecule has 0 spiro atoms. The molecule has 1 atom stereocenters. The molecule has 2 amide bonds. The summed E-state index contributed by atoms with van der Waals surface area (Å²) in [6.45, 7) is 2.06. The minimum atomic E-state index is -3.17. The number of benzene rings is 2. The molecule has 0 saturated heterocycles. The van der Waals surface area contributed by atoms with Crippen molar-refractivity contribution < 1.29 is 46.5 Å². The topological polar surface area (TPSA) is 159 Å². The second-order valence-corrected chi connectivity index (χ2v) is 11.9. The van der Waals surface area contributed by atoms with Crippen molar-refractivity contribution in [1.82, 2.24) is 9.97 Å². The maximum absolute atomic E-state index is 14.2. The summed E-state index contributed by atoms with van der Waals surface area (Å²) in [6, 6.07) is 10.6. The van der Waals surface area contributed by atoms with Crippen molar-refractivity contribution in [2.45, 2.75) is 52.6 Å². The lowest BCUT2D eigenvalue weighted by Gasteiger charge is -2.26. The number of carbonyl (C=O) groups excluding carboxylic acids is 3. The van der Waals surface area contributed by atoms with E-state index in [4.69, 9.17) is 14.5 Å². The molecule has 0 radical (unpaired) electrons. The molecule has 12 nitrogen and oxygen atoms in total. The standard InChI is InChI=1S/C34H34F3N5O7/c1-5-48-30(43)28-27-21-11-10-20(38-33(45)47-4)16-24(21)39-31(44)34(2,3)14-6-7-22(29(40-27)41-28)25-12-8-18(17-42(25)46)23-15-19(35)9-13-26(23)49-32(36)37/h8-13,15-17,22,32H,5-7,14H2,1-4H3,(H,38,45)(H,39,44)(H,40,41)/t22-/m1/s1. The number of ether oxygens (including phenoxy) is 3. The highest BCUT2D eigenvalue weighted by molar-refractivity contribution is 6.02. The Hall–Kier alpha value is -5.60. The summed E-state index contributed by atoms with van der Waals surface area (Å²) < 4.78 is 55.4. The maximum atomic E-state index is 14.2. The maximum Gasteiger partial charge on any atom is 0.411 e. The van der Waals surface area contributed by atoms with Gasteiger partial charge in [-0.25, -0.2) is 19.0 Å². The Morgan fingerprint density at radius 2 is 1.92 bits per heavy atom. The van der Waals surface area contributed by atoms with Crippen molar-refractivity contribution in [3.63, 3.8) is 0 Å². The number of carbonyl (C=O) groups is 3. The van der Waals surface area contributed by atoms with Gasteiger partial charge in [-0.3, -0.25) is 10.1 Å². The first kappa shape index (κ1) is 34.7. The quantitative estimate of drug-likeness (QED) is 0.110. The molecule has 1 aliphatic heterocycles. The van der Waals surface area contributed by atoms with Crippen LogP contribution in [0.5, 0.6) is 5.75 Å². The number of H-pyrrole nitrogens is 1. The highest BCUT2D eigenvalue weighted by Gasteiger charge is 2.34. The third-order valence-corrected chi connectivity index (χ3v) is 8.17. The number of anilines is 2. The molecule has 3 N–H and O–H groups in total. The number of rotatable bonds is 7. The predicted octanol–water partition coefficient (Wildman–Crippen LogP) is 6.75. The highest BCUT2D eigenvalue weighted by Crippen LogP contribution is 2.39. The van der Waals surface area contributed by atoms with E-state index in [9.17, 15) is 32.8 Å². The zero-order valence-corrected chi connectivity index (χ0v) is 27.1. The minimum absolute atomic E-state index is 0.0350. The summed E-state index contributed by atoms with van der Waals surface area (Å²) in [7, 11) is 1.21. The van der Waals surface area contributed by atoms with E-state index in [0.717, 1.165) is 24.4 Å². The van der Waals surface area contributed by atoms with Crippen LogP contribution >= 0.6 is 0 Å². The lowest BCUT2D eigenvalue weighted by Crippen LogP contribution is -2.34. The van der Waals surface area contributed by atoms with Crippen molar-refractivity contribution in [3.05, 3.63) is 83.0 Å². The van der Waals surface area contributed by atoms with Crippen molar-refractivity contribution in [3.8, 4) is 28.1 Å². The number of alkyl halides is 2. The SMILES string of the molecule is CCOC(=O)c1[nH]c2nc1-c1ccc(NC(=O)OC)cc1NC(=O)C(C)(C)CCC[C@@H]2c1ccc(-c2cc(F)ccc2OC(F)F)c[n+]1[O-]. The number of halogens is 3. The number of nitrogens with zero attached hydrogens (tertiary/aromatic N) is 2. The van der Waals surface area contributed by atoms with Gasteiger partial charge in [-0.05, 0) is 62.2 Å². The van der Waals surface area contributed by atoms with Crippen molar-refractivity contribution in [2.75, 3.05) is 24.4 Å². The van der Waals surface area contributed by atoms with Gasteiger partial charge in [-0.2, -0.15) is 13.5 Å². The molecule has 4 aromatic rings. The summed E-state index contributed by atoms with van der Waals surface area (Å²) >= 11 is 0. The highest BCUT2D eigenvalue weighted by atomic mass is 19.3. The van der Waals surface area contributed by atoms with Gasteiger partial charge in [0.1, 0.15) is 29.0 Å². The first-order valence-electron chi connectivity index (χ1n) is 15.4. The average molecular weight is 682 g/mol.